The van der Waals surface area contributed by atoms with Gasteiger partial charge in [0.25, 0.3) is 0 Å². The summed E-state index contributed by atoms with van der Waals surface area (Å²) in [6, 6.07) is 3.95. The Morgan fingerprint density at radius 3 is 2.54 bits per heavy atom. The van der Waals surface area contributed by atoms with Crippen LogP contribution in [0.15, 0.2) is 24.5 Å². The normalized spacial score (nSPS) is 12.5. The van der Waals surface area contributed by atoms with Gasteiger partial charge in [0.1, 0.15) is 6.42 Å². The molecule has 1 atom stereocenters. The van der Waals surface area contributed by atoms with E-state index in [9.17, 15) is 4.79 Å². The SMILES string of the molecule is Cc1cc[n+](C(C)CC(=O)O)cc1. The van der Waals surface area contributed by atoms with Gasteiger partial charge in [-0.1, -0.05) is 0 Å². The first-order valence-corrected chi connectivity index (χ1v) is 4.29. The zero-order valence-corrected chi connectivity index (χ0v) is 7.90. The number of aromatic nitrogens is 1. The van der Waals surface area contributed by atoms with Crippen LogP contribution in [-0.2, 0) is 4.79 Å². The molecule has 0 saturated heterocycles. The minimum atomic E-state index is -0.763. The number of pyridine rings is 1. The molecule has 0 amide bonds. The van der Waals surface area contributed by atoms with Crippen LogP contribution in [0.4, 0.5) is 0 Å². The van der Waals surface area contributed by atoms with Gasteiger partial charge in [-0.2, -0.15) is 0 Å². The molecule has 1 aromatic heterocycles. The number of aryl methyl sites for hydroxylation is 1. The molecule has 3 heteroatoms. The third-order valence-corrected chi connectivity index (χ3v) is 2.00. The molecule has 0 radical (unpaired) electrons. The molecule has 1 N–H and O–H groups in total. The summed E-state index contributed by atoms with van der Waals surface area (Å²) in [5.74, 6) is -0.763. The Hall–Kier alpha value is -1.38. The molecule has 0 saturated carbocycles. The Morgan fingerprint density at radius 1 is 1.54 bits per heavy atom. The van der Waals surface area contributed by atoms with Crippen molar-refractivity contribution in [3.63, 3.8) is 0 Å². The maximum absolute atomic E-state index is 10.4. The molecule has 0 aromatic carbocycles. The number of hydrogen-bond donors (Lipinski definition) is 1. The zero-order chi connectivity index (χ0) is 9.84. The lowest BCUT2D eigenvalue weighted by molar-refractivity contribution is -0.718. The molecule has 1 unspecified atom stereocenters. The number of hydrogen-bond acceptors (Lipinski definition) is 1. The van der Waals surface area contributed by atoms with Crippen molar-refractivity contribution in [1.82, 2.24) is 0 Å². The molecule has 0 aliphatic heterocycles. The van der Waals surface area contributed by atoms with Crippen LogP contribution in [0.2, 0.25) is 0 Å². The van der Waals surface area contributed by atoms with Gasteiger partial charge in [0.2, 0.25) is 0 Å². The Labute approximate surface area is 77.6 Å². The van der Waals surface area contributed by atoms with Crippen LogP contribution in [0, 0.1) is 6.92 Å². The standard InChI is InChI=1S/C10H13NO2/c1-8-3-5-11(6-4-8)9(2)7-10(12)13/h3-6,9H,7H2,1-2H3/p+1. The first kappa shape index (κ1) is 9.71. The van der Waals surface area contributed by atoms with Crippen molar-refractivity contribution >= 4 is 5.97 Å². The molecule has 0 spiro atoms. The van der Waals surface area contributed by atoms with E-state index in [0.29, 0.717) is 0 Å². The van der Waals surface area contributed by atoms with Gasteiger partial charge in [-0.3, -0.25) is 4.79 Å². The van der Waals surface area contributed by atoms with E-state index in [0.717, 1.165) is 0 Å². The number of carbonyl (C=O) groups is 1. The minimum Gasteiger partial charge on any atom is -0.481 e. The summed E-state index contributed by atoms with van der Waals surface area (Å²) >= 11 is 0. The second-order valence-electron chi connectivity index (χ2n) is 3.27. The van der Waals surface area contributed by atoms with Gasteiger partial charge in [-0.15, -0.1) is 0 Å². The molecule has 0 fully saturated rings. The zero-order valence-electron chi connectivity index (χ0n) is 7.90. The monoisotopic (exact) mass is 180 g/mol. The van der Waals surface area contributed by atoms with Gasteiger partial charge in [0.05, 0.1) is 0 Å². The molecule has 1 heterocycles. The Balaban J connectivity index is 2.71. The summed E-state index contributed by atoms with van der Waals surface area (Å²) in [5, 5.41) is 8.59. The average Bonchev–Trinajstić information content (AvgIpc) is 2.04. The van der Waals surface area contributed by atoms with Gasteiger partial charge in [0.15, 0.2) is 18.4 Å². The van der Waals surface area contributed by atoms with Crippen LogP contribution in [-0.4, -0.2) is 11.1 Å². The van der Waals surface area contributed by atoms with E-state index >= 15 is 0 Å². The lowest BCUT2D eigenvalue weighted by atomic mass is 10.2. The lowest BCUT2D eigenvalue weighted by Gasteiger charge is -2.03. The quantitative estimate of drug-likeness (QED) is 0.713. The summed E-state index contributed by atoms with van der Waals surface area (Å²) in [7, 11) is 0. The third kappa shape index (κ3) is 2.86. The van der Waals surface area contributed by atoms with Crippen LogP contribution >= 0.6 is 0 Å². The summed E-state index contributed by atoms with van der Waals surface area (Å²) in [4.78, 5) is 10.4. The highest BCUT2D eigenvalue weighted by atomic mass is 16.4. The minimum absolute atomic E-state index is 0.0121. The van der Waals surface area contributed by atoms with E-state index in [1.54, 1.807) is 0 Å². The molecule has 1 aromatic rings. The summed E-state index contributed by atoms with van der Waals surface area (Å²) in [5.41, 5.74) is 1.18. The molecule has 1 rings (SSSR count). The second-order valence-corrected chi connectivity index (χ2v) is 3.27. The van der Waals surface area contributed by atoms with Crippen LogP contribution in [0.25, 0.3) is 0 Å². The lowest BCUT2D eigenvalue weighted by Crippen LogP contribution is -2.38. The van der Waals surface area contributed by atoms with Crippen LogP contribution < -0.4 is 4.57 Å². The van der Waals surface area contributed by atoms with E-state index in [1.165, 1.54) is 5.56 Å². The first-order chi connectivity index (χ1) is 6.09. The predicted octanol–water partition coefficient (Wildman–Crippen LogP) is 1.32. The molecule has 0 aliphatic carbocycles. The summed E-state index contributed by atoms with van der Waals surface area (Å²) in [6.07, 6.45) is 3.97. The van der Waals surface area contributed by atoms with Gasteiger partial charge >= 0.3 is 5.97 Å². The maximum Gasteiger partial charge on any atom is 0.310 e. The second kappa shape index (κ2) is 4.03. The van der Waals surface area contributed by atoms with E-state index in [4.69, 9.17) is 5.11 Å². The van der Waals surface area contributed by atoms with Gasteiger partial charge in [-0.25, -0.2) is 4.57 Å². The topological polar surface area (TPSA) is 41.2 Å². The fourth-order valence-corrected chi connectivity index (χ4v) is 1.16. The first-order valence-electron chi connectivity index (χ1n) is 4.29. The smallest absolute Gasteiger partial charge is 0.310 e. The molecule has 13 heavy (non-hydrogen) atoms. The Kier molecular flexibility index (Phi) is 3.01. The van der Waals surface area contributed by atoms with Gasteiger partial charge in [0, 0.05) is 12.1 Å². The fourth-order valence-electron chi connectivity index (χ4n) is 1.16. The Morgan fingerprint density at radius 2 is 2.08 bits per heavy atom. The largest absolute Gasteiger partial charge is 0.481 e. The number of carboxylic acid groups (broad SMARTS) is 1. The number of carboxylic acids is 1. The number of nitrogens with zero attached hydrogens (tertiary/aromatic N) is 1. The van der Waals surface area contributed by atoms with E-state index in [1.807, 2.05) is 42.9 Å². The van der Waals surface area contributed by atoms with Gasteiger partial charge < -0.3 is 5.11 Å². The maximum atomic E-state index is 10.4. The van der Waals surface area contributed by atoms with E-state index < -0.39 is 5.97 Å². The van der Waals surface area contributed by atoms with E-state index in [-0.39, 0.29) is 12.5 Å². The highest BCUT2D eigenvalue weighted by Gasteiger charge is 2.15. The third-order valence-electron chi connectivity index (χ3n) is 2.00. The predicted molar refractivity (Wildman–Crippen MR) is 48.3 cm³/mol. The fraction of sp³-hybridized carbons (Fsp3) is 0.400. The van der Waals surface area contributed by atoms with Crippen molar-refractivity contribution in [2.45, 2.75) is 26.3 Å². The van der Waals surface area contributed by atoms with E-state index in [2.05, 4.69) is 0 Å². The van der Waals surface area contributed by atoms with Crippen molar-refractivity contribution < 1.29 is 14.5 Å². The average molecular weight is 180 g/mol. The van der Waals surface area contributed by atoms with Crippen molar-refractivity contribution in [2.75, 3.05) is 0 Å². The van der Waals surface area contributed by atoms with Crippen molar-refractivity contribution in [3.8, 4) is 0 Å². The van der Waals surface area contributed by atoms with Crippen molar-refractivity contribution in [1.29, 1.82) is 0 Å². The van der Waals surface area contributed by atoms with Gasteiger partial charge in [-0.05, 0) is 19.4 Å². The van der Waals surface area contributed by atoms with Crippen LogP contribution in [0.1, 0.15) is 24.9 Å². The summed E-state index contributed by atoms with van der Waals surface area (Å²) < 4.78 is 1.90. The van der Waals surface area contributed by atoms with Crippen molar-refractivity contribution in [3.05, 3.63) is 30.1 Å². The number of rotatable bonds is 3. The Bertz CT molecular complexity index is 292. The van der Waals surface area contributed by atoms with Crippen molar-refractivity contribution in [2.24, 2.45) is 0 Å². The molecular formula is C10H14NO2+. The van der Waals surface area contributed by atoms with Crippen LogP contribution in [0.3, 0.4) is 0 Å². The summed E-state index contributed by atoms with van der Waals surface area (Å²) in [6.45, 7) is 3.90. The molecule has 3 nitrogen and oxygen atoms in total. The van der Waals surface area contributed by atoms with Crippen LogP contribution in [0.5, 0.6) is 0 Å². The number of aliphatic carboxylic acids is 1. The molecular weight excluding hydrogens is 166 g/mol. The highest BCUT2D eigenvalue weighted by Crippen LogP contribution is 2.01. The highest BCUT2D eigenvalue weighted by molar-refractivity contribution is 5.66. The molecule has 0 aliphatic rings. The molecule has 0 bridgehead atoms. The molecule has 70 valence electrons.